The Morgan fingerprint density at radius 3 is 2.77 bits per heavy atom. The fraction of sp³-hybridized carbons (Fsp3) is 0.316. The lowest BCUT2D eigenvalue weighted by Crippen LogP contribution is -2.45. The largest absolute Gasteiger partial charge is 0.495 e. The topological polar surface area (TPSA) is 50.8 Å². The van der Waals surface area contributed by atoms with E-state index in [2.05, 4.69) is 5.32 Å². The second kappa shape index (κ2) is 7.41. The molecule has 1 heterocycles. The van der Waals surface area contributed by atoms with Gasteiger partial charge in [-0.15, -0.1) is 0 Å². The average Bonchev–Trinajstić information content (AvgIpc) is 2.62. The molecule has 0 fully saturated rings. The van der Waals surface area contributed by atoms with E-state index in [1.54, 1.807) is 19.2 Å². The lowest BCUT2D eigenvalue weighted by Gasteiger charge is -2.43. The summed E-state index contributed by atoms with van der Waals surface area (Å²) in [5.41, 5.74) is 1.88. The molecule has 0 saturated heterocycles. The number of carbonyl (C=O) groups excluding carboxylic acids is 1. The van der Waals surface area contributed by atoms with Gasteiger partial charge in [0, 0.05) is 5.56 Å². The molecule has 0 saturated carbocycles. The van der Waals surface area contributed by atoms with Gasteiger partial charge in [-0.05, 0) is 30.7 Å². The molecule has 1 aliphatic rings. The zero-order valence-corrected chi connectivity index (χ0v) is 15.5. The molecule has 138 valence electrons. The van der Waals surface area contributed by atoms with Gasteiger partial charge in [0.1, 0.15) is 11.6 Å². The molecule has 0 aromatic heterocycles. The van der Waals surface area contributed by atoms with E-state index in [0.29, 0.717) is 22.7 Å². The normalized spacial score (nSPS) is 18.7. The van der Waals surface area contributed by atoms with Crippen molar-refractivity contribution in [2.24, 2.45) is 0 Å². The number of hydrogen-bond donors (Lipinski definition) is 1. The number of anilines is 2. The number of nitrogens with one attached hydrogen (secondary N) is 1. The van der Waals surface area contributed by atoms with Crippen LogP contribution >= 0.6 is 11.6 Å². The van der Waals surface area contributed by atoms with Crippen molar-refractivity contribution in [1.82, 2.24) is 0 Å². The van der Waals surface area contributed by atoms with E-state index in [4.69, 9.17) is 21.1 Å². The second-order valence-corrected chi connectivity index (χ2v) is 6.48. The predicted molar refractivity (Wildman–Crippen MR) is 99.2 cm³/mol. The van der Waals surface area contributed by atoms with E-state index in [9.17, 15) is 9.18 Å². The molecule has 1 N–H and O–H groups in total. The fourth-order valence-electron chi connectivity index (χ4n) is 3.21. The second-order valence-electron chi connectivity index (χ2n) is 6.06. The molecule has 0 amide bonds. The number of methoxy groups -OCH3 is 2. The van der Waals surface area contributed by atoms with Gasteiger partial charge < -0.3 is 19.7 Å². The summed E-state index contributed by atoms with van der Waals surface area (Å²) in [6.07, 6.45) is 0.0228. The first-order valence-electron chi connectivity index (χ1n) is 8.15. The summed E-state index contributed by atoms with van der Waals surface area (Å²) in [6.45, 7) is 1.95. The minimum atomic E-state index is -0.773. The molecule has 2 atom stereocenters. The number of rotatable bonds is 4. The molecule has 2 aromatic carbocycles. The van der Waals surface area contributed by atoms with Crippen LogP contribution in [0.15, 0.2) is 36.4 Å². The Balaban J connectivity index is 2.16. The lowest BCUT2D eigenvalue weighted by atomic mass is 9.96. The van der Waals surface area contributed by atoms with Gasteiger partial charge in [-0.2, -0.15) is 0 Å². The highest BCUT2D eigenvalue weighted by Crippen LogP contribution is 2.45. The average molecular weight is 379 g/mol. The molecule has 0 spiro atoms. The van der Waals surface area contributed by atoms with Crippen LogP contribution in [0.1, 0.15) is 23.6 Å². The molecule has 0 bridgehead atoms. The van der Waals surface area contributed by atoms with Crippen LogP contribution in [0.2, 0.25) is 0 Å². The number of carbonyl (C=O) groups is 1. The highest BCUT2D eigenvalue weighted by atomic mass is 35.5. The molecule has 2 unspecified atom stereocenters. The molecular weight excluding hydrogens is 359 g/mol. The van der Waals surface area contributed by atoms with Gasteiger partial charge in [0.15, 0.2) is 5.62 Å². The van der Waals surface area contributed by atoms with Crippen molar-refractivity contribution >= 4 is 28.9 Å². The maximum Gasteiger partial charge on any atom is 0.307 e. The van der Waals surface area contributed by atoms with Crippen molar-refractivity contribution in [1.29, 1.82) is 0 Å². The highest BCUT2D eigenvalue weighted by molar-refractivity contribution is 6.23. The van der Waals surface area contributed by atoms with Gasteiger partial charge in [0.25, 0.3) is 0 Å². The number of nitrogens with zero attached hydrogens (tertiary/aromatic N) is 1. The fourth-order valence-corrected chi connectivity index (χ4v) is 3.56. The lowest BCUT2D eigenvalue weighted by molar-refractivity contribution is -0.141. The van der Waals surface area contributed by atoms with Crippen molar-refractivity contribution in [3.63, 3.8) is 0 Å². The predicted octanol–water partition coefficient (Wildman–Crippen LogP) is 4.20. The number of aryl methyl sites for hydroxylation is 1. The Labute approximate surface area is 156 Å². The van der Waals surface area contributed by atoms with Crippen LogP contribution in [-0.4, -0.2) is 25.8 Å². The third-order valence-electron chi connectivity index (χ3n) is 4.45. The summed E-state index contributed by atoms with van der Waals surface area (Å²) >= 11 is 6.56. The van der Waals surface area contributed by atoms with Crippen LogP contribution in [0.4, 0.5) is 15.8 Å². The van der Waals surface area contributed by atoms with Gasteiger partial charge in [-0.3, -0.25) is 4.79 Å². The first-order chi connectivity index (χ1) is 12.5. The molecule has 26 heavy (non-hydrogen) atoms. The van der Waals surface area contributed by atoms with E-state index < -0.39 is 23.5 Å². The van der Waals surface area contributed by atoms with E-state index in [-0.39, 0.29) is 6.42 Å². The van der Waals surface area contributed by atoms with E-state index in [1.807, 2.05) is 30.0 Å². The zero-order chi connectivity index (χ0) is 18.8. The monoisotopic (exact) mass is 378 g/mol. The quantitative estimate of drug-likeness (QED) is 0.491. The Morgan fingerprint density at radius 1 is 1.31 bits per heavy atom. The molecule has 3 rings (SSSR count). The van der Waals surface area contributed by atoms with Crippen LogP contribution in [0.3, 0.4) is 0 Å². The minimum Gasteiger partial charge on any atom is -0.495 e. The van der Waals surface area contributed by atoms with Gasteiger partial charge >= 0.3 is 5.97 Å². The summed E-state index contributed by atoms with van der Waals surface area (Å²) < 4.78 is 24.6. The Kier molecular flexibility index (Phi) is 5.23. The van der Waals surface area contributed by atoms with Crippen molar-refractivity contribution < 1.29 is 18.7 Å². The van der Waals surface area contributed by atoms with Crippen LogP contribution in [0.25, 0.3) is 0 Å². The third kappa shape index (κ3) is 3.29. The molecule has 1 aliphatic heterocycles. The van der Waals surface area contributed by atoms with Crippen molar-refractivity contribution in [2.45, 2.75) is 25.0 Å². The molecule has 7 heteroatoms. The summed E-state index contributed by atoms with van der Waals surface area (Å²) in [4.78, 5) is 13.9. The van der Waals surface area contributed by atoms with Crippen molar-refractivity contribution in [2.75, 3.05) is 24.4 Å². The SMILES string of the molecule is COC(=O)CC1c2cccc(F)c2NC(Cl)N1c1cc(C)ccc1OC. The van der Waals surface area contributed by atoms with E-state index in [1.165, 1.54) is 13.2 Å². The number of fused-ring (bicyclic) bond motifs is 1. The van der Waals surface area contributed by atoms with Crippen molar-refractivity contribution in [3.8, 4) is 5.75 Å². The van der Waals surface area contributed by atoms with E-state index in [0.717, 1.165) is 5.56 Å². The van der Waals surface area contributed by atoms with Gasteiger partial charge in [0.2, 0.25) is 0 Å². The Hall–Kier alpha value is -2.47. The van der Waals surface area contributed by atoms with E-state index >= 15 is 0 Å². The molecule has 0 aliphatic carbocycles. The number of benzene rings is 2. The highest BCUT2D eigenvalue weighted by Gasteiger charge is 2.37. The first-order valence-corrected chi connectivity index (χ1v) is 8.58. The first kappa shape index (κ1) is 18.3. The number of ether oxygens (including phenoxy) is 2. The van der Waals surface area contributed by atoms with Crippen LogP contribution < -0.4 is 15.0 Å². The summed E-state index contributed by atoms with van der Waals surface area (Å²) in [5, 5.41) is 2.98. The third-order valence-corrected chi connectivity index (χ3v) is 4.77. The van der Waals surface area contributed by atoms with Gasteiger partial charge in [-0.25, -0.2) is 4.39 Å². The van der Waals surface area contributed by atoms with Crippen LogP contribution in [-0.2, 0) is 9.53 Å². The zero-order valence-electron chi connectivity index (χ0n) is 14.8. The summed E-state index contributed by atoms with van der Waals surface area (Å²) in [6, 6.07) is 9.92. The van der Waals surface area contributed by atoms with Crippen LogP contribution in [0, 0.1) is 12.7 Å². The summed E-state index contributed by atoms with van der Waals surface area (Å²) in [5.74, 6) is -0.218. The Morgan fingerprint density at radius 2 is 2.08 bits per heavy atom. The number of halogens is 2. The number of hydrogen-bond acceptors (Lipinski definition) is 5. The maximum absolute atomic E-state index is 14.3. The van der Waals surface area contributed by atoms with Gasteiger partial charge in [0.05, 0.1) is 38.1 Å². The maximum atomic E-state index is 14.3. The molecular formula is C19H20ClFN2O3. The minimum absolute atomic E-state index is 0.0228. The Bertz CT molecular complexity index is 830. The number of para-hydroxylation sites is 1. The summed E-state index contributed by atoms with van der Waals surface area (Å²) in [7, 11) is 2.89. The molecule has 2 aromatic rings. The van der Waals surface area contributed by atoms with Gasteiger partial charge in [-0.1, -0.05) is 29.8 Å². The van der Waals surface area contributed by atoms with Crippen molar-refractivity contribution in [3.05, 3.63) is 53.3 Å². The number of alkyl halides is 1. The standard InChI is InChI=1S/C19H20ClFN2O3/c1-11-7-8-16(25-2)15(9-11)23-14(10-17(24)26-3)12-5-4-6-13(21)18(12)22-19(23)20/h4-9,14,19,22H,10H2,1-3H3. The number of esters is 1. The molecule has 5 nitrogen and oxygen atoms in total. The molecule has 0 radical (unpaired) electrons. The van der Waals surface area contributed by atoms with Crippen LogP contribution in [0.5, 0.6) is 5.75 Å². The smallest absolute Gasteiger partial charge is 0.307 e.